The molecule has 0 heterocycles. The Hall–Kier alpha value is -1.60. The second kappa shape index (κ2) is 5.18. The lowest BCUT2D eigenvalue weighted by atomic mass is 9.96. The Bertz CT molecular complexity index is 524. The zero-order valence-electron chi connectivity index (χ0n) is 11.8. The van der Waals surface area contributed by atoms with E-state index in [1.807, 2.05) is 0 Å². The van der Waals surface area contributed by atoms with Crippen LogP contribution < -0.4 is 0 Å². The summed E-state index contributed by atoms with van der Waals surface area (Å²) < 4.78 is 0. The third-order valence-corrected chi connectivity index (χ3v) is 4.30. The molecule has 98 valence electrons. The Labute approximate surface area is 115 Å². The molecule has 0 saturated carbocycles. The zero-order chi connectivity index (χ0) is 13.2. The van der Waals surface area contributed by atoms with Crippen molar-refractivity contribution in [1.82, 2.24) is 4.90 Å². The second-order valence-corrected chi connectivity index (χ2v) is 5.21. The van der Waals surface area contributed by atoms with Crippen molar-refractivity contribution in [3.63, 3.8) is 0 Å². The van der Waals surface area contributed by atoms with Crippen molar-refractivity contribution < 1.29 is 0 Å². The molecule has 2 aromatic rings. The van der Waals surface area contributed by atoms with E-state index >= 15 is 0 Å². The van der Waals surface area contributed by atoms with Gasteiger partial charge in [0.2, 0.25) is 0 Å². The van der Waals surface area contributed by atoms with Crippen LogP contribution in [0.2, 0.25) is 0 Å². The molecule has 1 aliphatic carbocycles. The molecule has 0 aromatic heterocycles. The van der Waals surface area contributed by atoms with E-state index < -0.39 is 0 Å². The van der Waals surface area contributed by atoms with Gasteiger partial charge in [0.05, 0.1) is 0 Å². The van der Waals surface area contributed by atoms with Crippen molar-refractivity contribution in [3.8, 4) is 11.1 Å². The lowest BCUT2D eigenvalue weighted by molar-refractivity contribution is 0.295. The molecule has 1 heteroatoms. The van der Waals surface area contributed by atoms with Gasteiger partial charge < -0.3 is 4.90 Å². The molecule has 0 radical (unpaired) electrons. The van der Waals surface area contributed by atoms with Gasteiger partial charge in [-0.3, -0.25) is 0 Å². The summed E-state index contributed by atoms with van der Waals surface area (Å²) in [6.07, 6.45) is 0. The lowest BCUT2D eigenvalue weighted by Gasteiger charge is -2.23. The Kier molecular flexibility index (Phi) is 3.39. The Morgan fingerprint density at radius 1 is 0.789 bits per heavy atom. The molecular formula is C18H21N. The lowest BCUT2D eigenvalue weighted by Crippen LogP contribution is -2.28. The molecule has 1 nitrogen and oxygen atoms in total. The Balaban J connectivity index is 2.04. The minimum Gasteiger partial charge on any atom is -0.303 e. The van der Waals surface area contributed by atoms with Gasteiger partial charge in [0.1, 0.15) is 0 Å². The van der Waals surface area contributed by atoms with Crippen LogP contribution in [-0.2, 0) is 0 Å². The van der Waals surface area contributed by atoms with Crippen LogP contribution in [0, 0.1) is 0 Å². The maximum Gasteiger partial charge on any atom is 0.0229 e. The van der Waals surface area contributed by atoms with Crippen LogP contribution in [0.5, 0.6) is 0 Å². The van der Waals surface area contributed by atoms with Gasteiger partial charge in [-0.05, 0) is 35.3 Å². The van der Waals surface area contributed by atoms with Crippen LogP contribution >= 0.6 is 0 Å². The summed E-state index contributed by atoms with van der Waals surface area (Å²) in [7, 11) is 0. The van der Waals surface area contributed by atoms with E-state index in [0.717, 1.165) is 19.6 Å². The van der Waals surface area contributed by atoms with Crippen molar-refractivity contribution in [1.29, 1.82) is 0 Å². The first kappa shape index (κ1) is 12.4. The number of nitrogens with zero attached hydrogens (tertiary/aromatic N) is 1. The first-order valence-electron chi connectivity index (χ1n) is 7.25. The van der Waals surface area contributed by atoms with E-state index in [-0.39, 0.29) is 0 Å². The van der Waals surface area contributed by atoms with E-state index in [2.05, 4.69) is 67.3 Å². The van der Waals surface area contributed by atoms with Gasteiger partial charge in [0.15, 0.2) is 0 Å². The Morgan fingerprint density at radius 2 is 1.26 bits per heavy atom. The van der Waals surface area contributed by atoms with E-state index in [4.69, 9.17) is 0 Å². The van der Waals surface area contributed by atoms with Crippen LogP contribution in [-0.4, -0.2) is 24.5 Å². The highest BCUT2D eigenvalue weighted by Gasteiger charge is 2.28. The molecule has 0 atom stereocenters. The Morgan fingerprint density at radius 3 is 1.74 bits per heavy atom. The van der Waals surface area contributed by atoms with Crippen LogP contribution in [0.25, 0.3) is 11.1 Å². The summed E-state index contributed by atoms with van der Waals surface area (Å²) in [5.74, 6) is 0.535. The van der Waals surface area contributed by atoms with Crippen molar-refractivity contribution in [3.05, 3.63) is 59.7 Å². The van der Waals surface area contributed by atoms with Crippen LogP contribution in [0.3, 0.4) is 0 Å². The van der Waals surface area contributed by atoms with Crippen molar-refractivity contribution >= 4 is 0 Å². The van der Waals surface area contributed by atoms with Crippen molar-refractivity contribution in [2.24, 2.45) is 0 Å². The quantitative estimate of drug-likeness (QED) is 0.789. The molecule has 3 rings (SSSR count). The fraction of sp³-hybridized carbons (Fsp3) is 0.333. The average Bonchev–Trinajstić information content (AvgIpc) is 2.79. The second-order valence-electron chi connectivity index (χ2n) is 5.21. The monoisotopic (exact) mass is 251 g/mol. The summed E-state index contributed by atoms with van der Waals surface area (Å²) in [6, 6.07) is 17.7. The summed E-state index contributed by atoms with van der Waals surface area (Å²) in [5, 5.41) is 0. The summed E-state index contributed by atoms with van der Waals surface area (Å²) in [4.78, 5) is 2.52. The van der Waals surface area contributed by atoms with Crippen LogP contribution in [0.4, 0.5) is 0 Å². The molecule has 19 heavy (non-hydrogen) atoms. The van der Waals surface area contributed by atoms with Crippen molar-refractivity contribution in [2.45, 2.75) is 19.8 Å². The highest BCUT2D eigenvalue weighted by Crippen LogP contribution is 2.44. The van der Waals surface area contributed by atoms with Gasteiger partial charge in [-0.25, -0.2) is 0 Å². The van der Waals surface area contributed by atoms with Gasteiger partial charge in [-0.2, -0.15) is 0 Å². The number of rotatable bonds is 4. The fourth-order valence-corrected chi connectivity index (χ4v) is 3.20. The van der Waals surface area contributed by atoms with Gasteiger partial charge in [-0.1, -0.05) is 62.4 Å². The number of hydrogen-bond acceptors (Lipinski definition) is 1. The van der Waals surface area contributed by atoms with Crippen molar-refractivity contribution in [2.75, 3.05) is 19.6 Å². The SMILES string of the molecule is CCN(CC)CC1c2ccccc2-c2ccccc21. The maximum atomic E-state index is 2.52. The number of hydrogen-bond donors (Lipinski definition) is 0. The maximum absolute atomic E-state index is 2.52. The average molecular weight is 251 g/mol. The molecule has 0 saturated heterocycles. The van der Waals surface area contributed by atoms with Gasteiger partial charge in [-0.15, -0.1) is 0 Å². The predicted octanol–water partition coefficient (Wildman–Crippen LogP) is 4.14. The number of benzene rings is 2. The molecule has 1 aliphatic rings. The summed E-state index contributed by atoms with van der Waals surface area (Å²) in [5.41, 5.74) is 5.84. The molecule has 2 aromatic carbocycles. The minimum absolute atomic E-state index is 0.535. The van der Waals surface area contributed by atoms with Gasteiger partial charge >= 0.3 is 0 Å². The largest absolute Gasteiger partial charge is 0.303 e. The smallest absolute Gasteiger partial charge is 0.0229 e. The number of likely N-dealkylation sites (N-methyl/N-ethyl adjacent to an activating group) is 1. The van der Waals surface area contributed by atoms with E-state index in [9.17, 15) is 0 Å². The highest BCUT2D eigenvalue weighted by atomic mass is 15.1. The molecule has 0 N–H and O–H groups in total. The van der Waals surface area contributed by atoms with E-state index in [0.29, 0.717) is 5.92 Å². The van der Waals surface area contributed by atoms with Gasteiger partial charge in [0.25, 0.3) is 0 Å². The van der Waals surface area contributed by atoms with Gasteiger partial charge in [0, 0.05) is 12.5 Å². The molecule has 0 spiro atoms. The molecular weight excluding hydrogens is 230 g/mol. The van der Waals surface area contributed by atoms with E-state index in [1.165, 1.54) is 22.3 Å². The third-order valence-electron chi connectivity index (χ3n) is 4.30. The minimum atomic E-state index is 0.535. The first-order valence-corrected chi connectivity index (χ1v) is 7.25. The molecule has 0 fully saturated rings. The summed E-state index contributed by atoms with van der Waals surface area (Å²) >= 11 is 0. The summed E-state index contributed by atoms with van der Waals surface area (Å²) in [6.45, 7) is 7.86. The number of fused-ring (bicyclic) bond motifs is 3. The molecule has 0 aliphatic heterocycles. The highest BCUT2D eigenvalue weighted by molar-refractivity contribution is 5.78. The standard InChI is InChI=1S/C18H21N/c1-3-19(4-2)13-18-16-11-7-5-9-14(16)15-10-6-8-12-17(15)18/h5-12,18H,3-4,13H2,1-2H3. The van der Waals surface area contributed by atoms with Crippen LogP contribution in [0.1, 0.15) is 30.9 Å². The normalized spacial score (nSPS) is 13.6. The molecule has 0 unspecified atom stereocenters. The fourth-order valence-electron chi connectivity index (χ4n) is 3.20. The topological polar surface area (TPSA) is 3.24 Å². The third kappa shape index (κ3) is 2.08. The zero-order valence-corrected chi connectivity index (χ0v) is 11.8. The first-order chi connectivity index (χ1) is 9.35. The van der Waals surface area contributed by atoms with E-state index in [1.54, 1.807) is 0 Å². The molecule has 0 bridgehead atoms. The molecule has 0 amide bonds. The predicted molar refractivity (Wildman–Crippen MR) is 81.5 cm³/mol. The van der Waals surface area contributed by atoms with Crippen LogP contribution in [0.15, 0.2) is 48.5 Å².